The third-order valence-corrected chi connectivity index (χ3v) is 17.9. The molecule has 0 aromatic rings. The van der Waals surface area contributed by atoms with Gasteiger partial charge in [0.25, 0.3) is 0 Å². The van der Waals surface area contributed by atoms with Gasteiger partial charge in [0, 0.05) is 72.9 Å². The zero-order valence-corrected chi connectivity index (χ0v) is 53.2. The highest BCUT2D eigenvalue weighted by molar-refractivity contribution is 8.01. The quantitative estimate of drug-likeness (QED) is 0.0771. The monoisotopic (exact) mass is 1190 g/mol. The average molecular weight is 1190 g/mol. The maximum Gasteiger partial charge on any atom is 0.230 e. The predicted octanol–water partition coefficient (Wildman–Crippen LogP) is 5.79. The van der Waals surface area contributed by atoms with Crippen LogP contribution in [0.15, 0.2) is 0 Å². The summed E-state index contributed by atoms with van der Waals surface area (Å²) in [6.45, 7) is 28.0. The van der Waals surface area contributed by atoms with E-state index in [1.807, 2.05) is 20.8 Å². The number of ether oxygens (including phenoxy) is 20. The van der Waals surface area contributed by atoms with Crippen molar-refractivity contribution in [2.75, 3.05) is 108 Å². The van der Waals surface area contributed by atoms with Gasteiger partial charge in [0.2, 0.25) is 5.91 Å². The number of carbonyl (C=O) groups excluding carboxylic acids is 1. The molecule has 5 rings (SSSR count). The second-order valence-electron chi connectivity index (χ2n) is 23.0. The Hall–Kier alpha value is -0.980. The molecule has 0 bridgehead atoms. The second kappa shape index (κ2) is 35.1. The molecule has 0 aromatic carbocycles. The molecule has 1 N–H and O–H groups in total. The number of methoxy groups -OCH3 is 7. The Morgan fingerprint density at radius 1 is 0.407 bits per heavy atom. The molecule has 0 unspecified atom stereocenters. The molecule has 0 radical (unpaired) electrons. The standard InChI is InChI=1S/C58H107NO21S/c1-20-38-42(32(4)34(6)53(67-19)74-38)77-55-50(64-16)47(61-13)44(36(8)72-55)79-54-35(7)33(5)43(39(21-2)75-54)78-56-51(65-17)48(62-14)45(37(9)73-56)80-57-52(66-18)49(63-15)46(40(22-3)76-57)71-30-29-70-28-27-69-26-25-68-24-23-59-41(60)31-81-58(10,11)12/h32-40,42-57H,20-31H2,1-19H3,(H,59,60)/t32-,33-,34-,35-,36+,37-,38-,39-,40-,42+,43+,44-,45-,46-,47+,48+,49+,50-,51-,52-,53+,54-,55+,56+,57-/m1/s1. The predicted molar refractivity (Wildman–Crippen MR) is 301 cm³/mol. The first-order valence-corrected chi connectivity index (χ1v) is 30.6. The fraction of sp³-hybridized carbons (Fsp3) is 0.983. The summed E-state index contributed by atoms with van der Waals surface area (Å²) in [5.41, 5.74) is 0. The van der Waals surface area contributed by atoms with Crippen LogP contribution in [0.4, 0.5) is 0 Å². The van der Waals surface area contributed by atoms with Crippen LogP contribution < -0.4 is 5.32 Å². The van der Waals surface area contributed by atoms with Crippen LogP contribution in [-0.4, -0.2) is 248 Å². The lowest BCUT2D eigenvalue weighted by molar-refractivity contribution is -0.383. The first-order chi connectivity index (χ1) is 38.8. The third kappa shape index (κ3) is 19.0. The number of thioether (sulfide) groups is 1. The van der Waals surface area contributed by atoms with Crippen molar-refractivity contribution in [2.45, 2.75) is 236 Å². The van der Waals surface area contributed by atoms with Gasteiger partial charge < -0.3 is 100 Å². The molecule has 0 spiro atoms. The first-order valence-electron chi connectivity index (χ1n) is 29.6. The Balaban J connectivity index is 1.12. The van der Waals surface area contributed by atoms with Crippen LogP contribution >= 0.6 is 11.8 Å². The number of amides is 1. The minimum absolute atomic E-state index is 0.00700. The van der Waals surface area contributed by atoms with Gasteiger partial charge in [-0.25, -0.2) is 0 Å². The maximum absolute atomic E-state index is 12.0. The summed E-state index contributed by atoms with van der Waals surface area (Å²) in [6.07, 6.45) is -9.43. The minimum Gasteiger partial charge on any atom is -0.377 e. The molecule has 5 aliphatic rings. The fourth-order valence-corrected chi connectivity index (χ4v) is 12.3. The van der Waals surface area contributed by atoms with E-state index in [0.29, 0.717) is 71.4 Å². The molecule has 23 heteroatoms. The molecular weight excluding hydrogens is 1080 g/mol. The van der Waals surface area contributed by atoms with Crippen molar-refractivity contribution in [1.29, 1.82) is 0 Å². The van der Waals surface area contributed by atoms with Gasteiger partial charge in [0.1, 0.15) is 54.9 Å². The largest absolute Gasteiger partial charge is 0.377 e. The van der Waals surface area contributed by atoms with E-state index in [0.717, 1.165) is 6.42 Å². The number of rotatable bonds is 33. The van der Waals surface area contributed by atoms with Crippen LogP contribution in [0.3, 0.4) is 0 Å². The molecule has 1 amide bonds. The van der Waals surface area contributed by atoms with Crippen molar-refractivity contribution >= 4 is 17.7 Å². The summed E-state index contributed by atoms with van der Waals surface area (Å²) < 4.78 is 127. The zero-order valence-electron chi connectivity index (χ0n) is 52.4. The molecule has 5 fully saturated rings. The number of hydrogen-bond donors (Lipinski definition) is 1. The Morgan fingerprint density at radius 3 is 1.20 bits per heavy atom. The van der Waals surface area contributed by atoms with Crippen LogP contribution in [0, 0.1) is 23.7 Å². The lowest BCUT2D eigenvalue weighted by atomic mass is 9.83. The van der Waals surface area contributed by atoms with Crippen molar-refractivity contribution in [1.82, 2.24) is 5.32 Å². The highest BCUT2D eigenvalue weighted by Crippen LogP contribution is 2.42. The van der Waals surface area contributed by atoms with Gasteiger partial charge in [0.05, 0.1) is 94.7 Å². The van der Waals surface area contributed by atoms with Gasteiger partial charge in [-0.15, -0.1) is 11.8 Å². The highest BCUT2D eigenvalue weighted by atomic mass is 32.2. The van der Waals surface area contributed by atoms with Gasteiger partial charge in [-0.3, -0.25) is 4.79 Å². The SMILES string of the molecule is CC[C@H]1O[C@H](OC)[C@H](C)[C@@H](C)[C@@H]1O[C@@H]1O[C@@H](C)[C@@H](O[C@H]2O[C@H](CC)[C@@H](O[C@@H]3O[C@H](C)[C@@H](O[C@H]4O[C@H](CC)[C@@H](OCCOCCOCCOCCNC(=O)CSC(C)(C)C)[C@H](OC)[C@H]4OC)[C@H](OC)[C@H]3OC)[C@H](C)[C@H]2C)[C@H](OC)[C@H]1OC. The summed E-state index contributed by atoms with van der Waals surface area (Å²) in [5, 5.41) is 2.87. The first kappa shape index (κ1) is 70.8. The molecule has 5 heterocycles. The van der Waals surface area contributed by atoms with E-state index in [9.17, 15) is 4.79 Å². The molecule has 0 aromatic heterocycles. The van der Waals surface area contributed by atoms with E-state index in [-0.39, 0.29) is 58.9 Å². The van der Waals surface area contributed by atoms with Crippen LogP contribution in [0.5, 0.6) is 0 Å². The Labute approximate surface area is 489 Å². The maximum atomic E-state index is 12.0. The van der Waals surface area contributed by atoms with Crippen LogP contribution in [0.2, 0.25) is 0 Å². The second-order valence-corrected chi connectivity index (χ2v) is 24.8. The van der Waals surface area contributed by atoms with Crippen LogP contribution in [0.25, 0.3) is 0 Å². The fourth-order valence-electron chi connectivity index (χ4n) is 11.6. The molecule has 0 saturated carbocycles. The normalized spacial score (nSPS) is 40.6. The topological polar surface area (TPSA) is 214 Å². The number of hydrogen-bond acceptors (Lipinski definition) is 22. The van der Waals surface area contributed by atoms with E-state index >= 15 is 0 Å². The lowest BCUT2D eigenvalue weighted by Gasteiger charge is -2.52. The summed E-state index contributed by atoms with van der Waals surface area (Å²) in [4.78, 5) is 12.0. The Kier molecular flexibility index (Phi) is 30.7. The van der Waals surface area contributed by atoms with E-state index < -0.39 is 105 Å². The average Bonchev–Trinajstić information content (AvgIpc) is 3.45. The van der Waals surface area contributed by atoms with Gasteiger partial charge in [-0.05, 0) is 44.9 Å². The Bertz CT molecular complexity index is 1740. The molecule has 22 nitrogen and oxygen atoms in total. The minimum atomic E-state index is -0.875. The van der Waals surface area contributed by atoms with Gasteiger partial charge in [-0.2, -0.15) is 0 Å². The number of nitrogens with one attached hydrogen (secondary N) is 1. The van der Waals surface area contributed by atoms with Crippen molar-refractivity contribution in [2.24, 2.45) is 23.7 Å². The van der Waals surface area contributed by atoms with Crippen LogP contribution in [-0.2, 0) is 99.5 Å². The molecular formula is C58H107NO21S. The van der Waals surface area contributed by atoms with E-state index in [1.165, 1.54) is 0 Å². The molecule has 5 saturated heterocycles. The van der Waals surface area contributed by atoms with E-state index in [4.69, 9.17) is 94.7 Å². The van der Waals surface area contributed by atoms with Gasteiger partial charge >= 0.3 is 0 Å². The summed E-state index contributed by atoms with van der Waals surface area (Å²) in [6, 6.07) is 0. The van der Waals surface area contributed by atoms with E-state index in [1.54, 1.807) is 61.5 Å². The van der Waals surface area contributed by atoms with Crippen molar-refractivity contribution in [3.8, 4) is 0 Å². The molecule has 476 valence electrons. The smallest absolute Gasteiger partial charge is 0.230 e. The van der Waals surface area contributed by atoms with Crippen LogP contribution in [0.1, 0.15) is 102 Å². The van der Waals surface area contributed by atoms with Crippen molar-refractivity contribution < 1.29 is 99.5 Å². The van der Waals surface area contributed by atoms with Gasteiger partial charge in [-0.1, -0.05) is 69.2 Å². The lowest BCUT2D eigenvalue weighted by Crippen LogP contribution is -2.65. The summed E-state index contributed by atoms with van der Waals surface area (Å²) in [5.74, 6) is 0.467. The molecule has 25 atom stereocenters. The third-order valence-electron chi connectivity index (χ3n) is 16.7. The zero-order chi connectivity index (χ0) is 59.6. The van der Waals surface area contributed by atoms with E-state index in [2.05, 4.69) is 67.6 Å². The Morgan fingerprint density at radius 2 is 0.765 bits per heavy atom. The summed E-state index contributed by atoms with van der Waals surface area (Å²) in [7, 11) is 11.4. The number of carbonyl (C=O) groups is 1. The van der Waals surface area contributed by atoms with Crippen molar-refractivity contribution in [3.63, 3.8) is 0 Å². The highest BCUT2D eigenvalue weighted by Gasteiger charge is 2.56. The molecule has 0 aliphatic carbocycles. The molecule has 81 heavy (non-hydrogen) atoms. The summed E-state index contributed by atoms with van der Waals surface area (Å²) >= 11 is 1.61. The van der Waals surface area contributed by atoms with Crippen molar-refractivity contribution in [3.05, 3.63) is 0 Å². The van der Waals surface area contributed by atoms with Gasteiger partial charge in [0.15, 0.2) is 31.5 Å². The molecule has 5 aliphatic heterocycles.